The number of thiazole rings is 1. The van der Waals surface area contributed by atoms with Crippen LogP contribution in [0.1, 0.15) is 37.8 Å². The number of nitrogens with zero attached hydrogens (tertiary/aromatic N) is 2. The number of aromatic nitrogens is 1. The van der Waals surface area contributed by atoms with Crippen LogP contribution < -0.4 is 5.32 Å². The lowest BCUT2D eigenvalue weighted by Crippen LogP contribution is -2.40. The van der Waals surface area contributed by atoms with E-state index in [1.807, 2.05) is 5.51 Å². The first-order valence-corrected chi connectivity index (χ1v) is 7.58. The fraction of sp³-hybridized carbons (Fsp3) is 0.769. The minimum atomic E-state index is 0.666. The summed E-state index contributed by atoms with van der Waals surface area (Å²) in [7, 11) is 2.19. The average molecular weight is 253 g/mol. The van der Waals surface area contributed by atoms with Gasteiger partial charge in [0.15, 0.2) is 0 Å². The zero-order valence-corrected chi connectivity index (χ0v) is 11.5. The molecular formula is C13H23N3S. The molecule has 2 rings (SSSR count). The summed E-state index contributed by atoms with van der Waals surface area (Å²) in [6, 6.07) is 0.666. The predicted molar refractivity (Wildman–Crippen MR) is 73.3 cm³/mol. The molecular weight excluding hydrogens is 230 g/mol. The Bertz CT molecular complexity index is 292. The first kappa shape index (κ1) is 13.0. The van der Waals surface area contributed by atoms with Crippen molar-refractivity contribution in [2.45, 2.75) is 44.7 Å². The van der Waals surface area contributed by atoms with Crippen LogP contribution in [0.15, 0.2) is 10.9 Å². The summed E-state index contributed by atoms with van der Waals surface area (Å²) in [6.45, 7) is 3.30. The lowest BCUT2D eigenvalue weighted by Gasteiger charge is -2.26. The topological polar surface area (TPSA) is 28.2 Å². The van der Waals surface area contributed by atoms with Gasteiger partial charge in [0, 0.05) is 24.5 Å². The van der Waals surface area contributed by atoms with Gasteiger partial charge >= 0.3 is 0 Å². The van der Waals surface area contributed by atoms with E-state index in [1.54, 1.807) is 11.3 Å². The van der Waals surface area contributed by atoms with Crippen molar-refractivity contribution in [1.29, 1.82) is 0 Å². The van der Waals surface area contributed by atoms with Crippen LogP contribution in [0, 0.1) is 0 Å². The first-order valence-electron chi connectivity index (χ1n) is 6.63. The molecule has 1 aromatic rings. The molecule has 0 spiro atoms. The van der Waals surface area contributed by atoms with Gasteiger partial charge in [0.05, 0.1) is 11.2 Å². The summed E-state index contributed by atoms with van der Waals surface area (Å²) in [5.41, 5.74) is 3.11. The molecule has 1 N–H and O–H groups in total. The molecule has 1 atom stereocenters. The first-order chi connectivity index (χ1) is 8.34. The zero-order valence-electron chi connectivity index (χ0n) is 10.7. The van der Waals surface area contributed by atoms with Crippen molar-refractivity contribution in [2.24, 2.45) is 0 Å². The van der Waals surface area contributed by atoms with E-state index in [4.69, 9.17) is 0 Å². The molecule has 0 saturated carbocycles. The quantitative estimate of drug-likeness (QED) is 0.893. The van der Waals surface area contributed by atoms with Crippen LogP contribution >= 0.6 is 11.3 Å². The molecule has 0 aliphatic carbocycles. The van der Waals surface area contributed by atoms with E-state index in [-0.39, 0.29) is 0 Å². The molecule has 0 amide bonds. The Morgan fingerprint density at radius 3 is 3.12 bits per heavy atom. The number of hydrogen-bond acceptors (Lipinski definition) is 4. The molecule has 17 heavy (non-hydrogen) atoms. The second-order valence-electron chi connectivity index (χ2n) is 5.03. The van der Waals surface area contributed by atoms with Crippen LogP contribution in [0.2, 0.25) is 0 Å². The molecule has 96 valence electrons. The van der Waals surface area contributed by atoms with Crippen LogP contribution in [-0.4, -0.2) is 36.1 Å². The van der Waals surface area contributed by atoms with Crippen LogP contribution in [0.25, 0.3) is 0 Å². The van der Waals surface area contributed by atoms with E-state index >= 15 is 0 Å². The van der Waals surface area contributed by atoms with Gasteiger partial charge in [0.1, 0.15) is 0 Å². The van der Waals surface area contributed by atoms with Crippen LogP contribution in [0.4, 0.5) is 0 Å². The Morgan fingerprint density at radius 1 is 1.41 bits per heavy atom. The molecule has 0 aromatic carbocycles. The predicted octanol–water partition coefficient (Wildman–Crippen LogP) is 2.50. The smallest absolute Gasteiger partial charge is 0.0795 e. The molecule has 1 aromatic heterocycles. The number of hydrogen-bond donors (Lipinski definition) is 1. The summed E-state index contributed by atoms with van der Waals surface area (Å²) < 4.78 is 0. The highest BCUT2D eigenvalue weighted by Crippen LogP contribution is 2.11. The summed E-state index contributed by atoms with van der Waals surface area (Å²) in [6.07, 6.45) is 6.85. The standard InChI is InChI=1S/C13H23N3S/c1-16(9-13-10-17-11-15-13)8-12-6-4-2-3-5-7-14-12/h10-12,14H,2-9H2,1H3. The van der Waals surface area contributed by atoms with Crippen molar-refractivity contribution in [3.05, 3.63) is 16.6 Å². The molecule has 0 bridgehead atoms. The number of likely N-dealkylation sites (N-methyl/N-ethyl adjacent to an activating group) is 1. The van der Waals surface area contributed by atoms with Gasteiger partial charge < -0.3 is 5.32 Å². The molecule has 2 heterocycles. The Morgan fingerprint density at radius 2 is 2.29 bits per heavy atom. The second kappa shape index (κ2) is 7.09. The Balaban J connectivity index is 1.74. The molecule has 1 aliphatic heterocycles. The van der Waals surface area contributed by atoms with Crippen molar-refractivity contribution >= 4 is 11.3 Å². The highest BCUT2D eigenvalue weighted by molar-refractivity contribution is 7.07. The van der Waals surface area contributed by atoms with E-state index in [1.165, 1.54) is 44.3 Å². The highest BCUT2D eigenvalue weighted by atomic mass is 32.1. The fourth-order valence-corrected chi connectivity index (χ4v) is 3.02. The van der Waals surface area contributed by atoms with Crippen LogP contribution in [-0.2, 0) is 6.54 Å². The van der Waals surface area contributed by atoms with Gasteiger partial charge in [-0.05, 0) is 26.4 Å². The van der Waals surface area contributed by atoms with Gasteiger partial charge in [-0.2, -0.15) is 0 Å². The molecule has 0 radical (unpaired) electrons. The van der Waals surface area contributed by atoms with E-state index in [9.17, 15) is 0 Å². The largest absolute Gasteiger partial charge is 0.313 e. The van der Waals surface area contributed by atoms with E-state index < -0.39 is 0 Å². The Hall–Kier alpha value is -0.450. The second-order valence-corrected chi connectivity index (χ2v) is 5.75. The number of rotatable bonds is 4. The van der Waals surface area contributed by atoms with Gasteiger partial charge in [0.2, 0.25) is 0 Å². The molecule has 1 fully saturated rings. The van der Waals surface area contributed by atoms with Gasteiger partial charge in [-0.15, -0.1) is 11.3 Å². The zero-order chi connectivity index (χ0) is 11.9. The van der Waals surface area contributed by atoms with Crippen LogP contribution in [0.3, 0.4) is 0 Å². The summed E-state index contributed by atoms with van der Waals surface area (Å²) >= 11 is 1.68. The monoisotopic (exact) mass is 253 g/mol. The lowest BCUT2D eigenvalue weighted by atomic mass is 10.0. The van der Waals surface area contributed by atoms with Gasteiger partial charge in [-0.3, -0.25) is 4.90 Å². The van der Waals surface area contributed by atoms with Crippen molar-refractivity contribution < 1.29 is 0 Å². The molecule has 1 unspecified atom stereocenters. The third-order valence-corrected chi connectivity index (χ3v) is 4.00. The maximum absolute atomic E-state index is 4.34. The maximum atomic E-state index is 4.34. The summed E-state index contributed by atoms with van der Waals surface area (Å²) in [5, 5.41) is 5.81. The lowest BCUT2D eigenvalue weighted by molar-refractivity contribution is 0.262. The summed E-state index contributed by atoms with van der Waals surface area (Å²) in [5.74, 6) is 0. The minimum absolute atomic E-state index is 0.666. The van der Waals surface area contributed by atoms with Gasteiger partial charge in [-0.1, -0.05) is 19.3 Å². The molecule has 1 saturated heterocycles. The van der Waals surface area contributed by atoms with Crippen LogP contribution in [0.5, 0.6) is 0 Å². The van der Waals surface area contributed by atoms with E-state index in [2.05, 4.69) is 27.6 Å². The third kappa shape index (κ3) is 4.74. The van der Waals surface area contributed by atoms with Gasteiger partial charge in [0.25, 0.3) is 0 Å². The van der Waals surface area contributed by atoms with E-state index in [0.717, 1.165) is 13.1 Å². The van der Waals surface area contributed by atoms with E-state index in [0.29, 0.717) is 6.04 Å². The normalized spacial score (nSPS) is 22.4. The maximum Gasteiger partial charge on any atom is 0.0795 e. The van der Waals surface area contributed by atoms with Crippen molar-refractivity contribution in [2.75, 3.05) is 20.1 Å². The van der Waals surface area contributed by atoms with Crippen molar-refractivity contribution in [1.82, 2.24) is 15.2 Å². The third-order valence-electron chi connectivity index (χ3n) is 3.36. The SMILES string of the molecule is CN(Cc1cscn1)CC1CCCCCCN1. The van der Waals surface area contributed by atoms with Crippen molar-refractivity contribution in [3.63, 3.8) is 0 Å². The fourth-order valence-electron chi connectivity index (χ4n) is 2.47. The highest BCUT2D eigenvalue weighted by Gasteiger charge is 2.13. The average Bonchev–Trinajstić information content (AvgIpc) is 2.74. The Kier molecular flexibility index (Phi) is 5.42. The molecule has 1 aliphatic rings. The van der Waals surface area contributed by atoms with Crippen molar-refractivity contribution in [3.8, 4) is 0 Å². The molecule has 3 nitrogen and oxygen atoms in total. The minimum Gasteiger partial charge on any atom is -0.313 e. The summed E-state index contributed by atoms with van der Waals surface area (Å²) in [4.78, 5) is 6.72. The number of nitrogens with one attached hydrogen (secondary N) is 1. The Labute approximate surface area is 108 Å². The van der Waals surface area contributed by atoms with Gasteiger partial charge in [-0.25, -0.2) is 4.98 Å². The molecule has 4 heteroatoms.